The fraction of sp³-hybridized carbons (Fsp3) is 0.258. The first-order valence-corrected chi connectivity index (χ1v) is 13.6. The molecule has 3 N–H and O–H groups in total. The molecular formula is C31H30N6O4. The number of carbonyl (C=O) groups is 2. The molecule has 2 aromatic carbocycles. The number of aliphatic imine (C=N–C) groups is 1. The number of aliphatic hydroxyl groups is 1. The van der Waals surface area contributed by atoms with Crippen molar-refractivity contribution < 1.29 is 19.4 Å². The Kier molecular flexibility index (Phi) is 7.07. The summed E-state index contributed by atoms with van der Waals surface area (Å²) in [6.07, 6.45) is 0.948. The second-order valence-corrected chi connectivity index (χ2v) is 10.3. The van der Waals surface area contributed by atoms with E-state index in [4.69, 9.17) is 14.8 Å². The van der Waals surface area contributed by atoms with E-state index >= 15 is 0 Å². The molecule has 0 saturated carbocycles. The van der Waals surface area contributed by atoms with Crippen LogP contribution in [0.5, 0.6) is 5.88 Å². The number of benzene rings is 2. The van der Waals surface area contributed by atoms with Gasteiger partial charge in [-0.3, -0.25) is 14.6 Å². The van der Waals surface area contributed by atoms with E-state index in [1.54, 1.807) is 23.9 Å². The van der Waals surface area contributed by atoms with Crippen LogP contribution in [0.15, 0.2) is 77.9 Å². The average molecular weight is 551 g/mol. The fourth-order valence-electron chi connectivity index (χ4n) is 5.04. The van der Waals surface area contributed by atoms with Gasteiger partial charge in [-0.2, -0.15) is 5.10 Å². The van der Waals surface area contributed by atoms with Gasteiger partial charge in [0.2, 0.25) is 12.0 Å². The molecule has 0 fully saturated rings. The third kappa shape index (κ3) is 5.33. The minimum absolute atomic E-state index is 0.108. The smallest absolute Gasteiger partial charge is 0.269 e. The molecule has 1 unspecified atom stereocenters. The zero-order valence-corrected chi connectivity index (χ0v) is 22.7. The Hall–Kier alpha value is -4.83. The Labute approximate surface area is 237 Å². The topological polar surface area (TPSA) is 131 Å². The van der Waals surface area contributed by atoms with Gasteiger partial charge in [-0.1, -0.05) is 48.5 Å². The number of fused-ring (bicyclic) bond motifs is 2. The van der Waals surface area contributed by atoms with Crippen LogP contribution in [-0.4, -0.2) is 55.8 Å². The number of aromatic nitrogens is 3. The van der Waals surface area contributed by atoms with Crippen molar-refractivity contribution in [1.29, 1.82) is 0 Å². The monoisotopic (exact) mass is 550 g/mol. The maximum absolute atomic E-state index is 14.0. The summed E-state index contributed by atoms with van der Waals surface area (Å²) in [5.41, 5.74) is 4.73. The fourth-order valence-corrected chi connectivity index (χ4v) is 5.04. The predicted molar refractivity (Wildman–Crippen MR) is 154 cm³/mol. The molecule has 10 nitrogen and oxygen atoms in total. The number of amides is 2. The number of nitrogens with one attached hydrogen (secondary N) is 2. The highest BCUT2D eigenvalue weighted by Crippen LogP contribution is 2.34. The number of aliphatic hydroxyl groups excluding tert-OH is 1. The quantitative estimate of drug-likeness (QED) is 0.336. The summed E-state index contributed by atoms with van der Waals surface area (Å²) < 4.78 is 7.77. The van der Waals surface area contributed by atoms with Gasteiger partial charge in [-0.15, -0.1) is 0 Å². The number of aryl methyl sites for hydroxylation is 1. The molecule has 2 aliphatic heterocycles. The number of anilines is 1. The number of benzodiazepines with no additional fused rings is 1. The lowest BCUT2D eigenvalue weighted by Gasteiger charge is -2.22. The van der Waals surface area contributed by atoms with E-state index < -0.39 is 24.1 Å². The molecule has 0 spiro atoms. The summed E-state index contributed by atoms with van der Waals surface area (Å²) in [7, 11) is 0. The van der Waals surface area contributed by atoms with Crippen LogP contribution < -0.4 is 15.4 Å². The van der Waals surface area contributed by atoms with Crippen LogP contribution in [0.4, 0.5) is 5.69 Å². The van der Waals surface area contributed by atoms with Crippen molar-refractivity contribution in [3.63, 3.8) is 0 Å². The summed E-state index contributed by atoms with van der Waals surface area (Å²) in [5.74, 6) is -0.655. The molecule has 4 aromatic rings. The first-order chi connectivity index (χ1) is 19.9. The van der Waals surface area contributed by atoms with Crippen molar-refractivity contribution in [1.82, 2.24) is 20.1 Å². The van der Waals surface area contributed by atoms with E-state index in [0.717, 1.165) is 23.2 Å². The van der Waals surface area contributed by atoms with Crippen molar-refractivity contribution in [2.24, 2.45) is 4.99 Å². The SMILES string of the molecule is CC(O)Cc1ccc(-c2nn3c(c2C(=O)N[C@H]2N=C(c4ccccc4)c4ccccc4NC2=O)O[C@H](C)CC3)cn1. The van der Waals surface area contributed by atoms with Crippen LogP contribution in [0.3, 0.4) is 0 Å². The molecule has 0 aliphatic carbocycles. The van der Waals surface area contributed by atoms with Gasteiger partial charge in [0.1, 0.15) is 11.3 Å². The second kappa shape index (κ2) is 11.0. The number of rotatable bonds is 6. The van der Waals surface area contributed by atoms with Gasteiger partial charge in [-0.25, -0.2) is 9.67 Å². The Balaban J connectivity index is 1.39. The lowest BCUT2D eigenvalue weighted by atomic mass is 10.0. The zero-order chi connectivity index (χ0) is 28.5. The molecule has 2 aliphatic rings. The summed E-state index contributed by atoms with van der Waals surface area (Å²) in [6.45, 7) is 4.23. The zero-order valence-electron chi connectivity index (χ0n) is 22.7. The maximum atomic E-state index is 14.0. The third-order valence-electron chi connectivity index (χ3n) is 7.06. The van der Waals surface area contributed by atoms with E-state index in [1.165, 1.54) is 0 Å². The molecular weight excluding hydrogens is 520 g/mol. The number of pyridine rings is 1. The van der Waals surface area contributed by atoms with Crippen LogP contribution in [0.25, 0.3) is 11.3 Å². The number of nitrogens with zero attached hydrogens (tertiary/aromatic N) is 4. The molecule has 3 atom stereocenters. The molecule has 2 amide bonds. The van der Waals surface area contributed by atoms with Gasteiger partial charge >= 0.3 is 0 Å². The van der Waals surface area contributed by atoms with Crippen molar-refractivity contribution in [2.75, 3.05) is 5.32 Å². The first kappa shape index (κ1) is 26.4. The molecule has 0 bridgehead atoms. The Bertz CT molecular complexity index is 1630. The molecule has 4 heterocycles. The minimum atomic E-state index is -1.21. The number of carbonyl (C=O) groups excluding carboxylic acids is 2. The van der Waals surface area contributed by atoms with Gasteiger partial charge in [0.05, 0.1) is 23.6 Å². The number of ether oxygens (including phenoxy) is 1. The minimum Gasteiger partial charge on any atom is -0.474 e. The summed E-state index contributed by atoms with van der Waals surface area (Å²) in [5, 5.41) is 20.2. The molecule has 6 rings (SSSR count). The highest BCUT2D eigenvalue weighted by Gasteiger charge is 2.34. The average Bonchev–Trinajstić information content (AvgIpc) is 3.28. The van der Waals surface area contributed by atoms with E-state index in [1.807, 2.05) is 67.6 Å². The lowest BCUT2D eigenvalue weighted by molar-refractivity contribution is -0.117. The standard InChI is InChI=1S/C31H30N6O4/c1-18(38)16-22-13-12-21(17-32-22)27-25(31-37(36-27)15-14-19(2)41-31)29(39)35-28-30(40)33-24-11-7-6-10-23(24)26(34-28)20-8-4-3-5-9-20/h3-13,17-19,28,38H,14-16H2,1-2H3,(H,33,40)(H,35,39)/t18?,19-,28-/m1/s1. The summed E-state index contributed by atoms with van der Waals surface area (Å²) in [4.78, 5) is 36.6. The van der Waals surface area contributed by atoms with E-state index in [2.05, 4.69) is 15.6 Å². The molecule has 2 aromatic heterocycles. The molecule has 41 heavy (non-hydrogen) atoms. The van der Waals surface area contributed by atoms with Crippen molar-refractivity contribution in [3.05, 3.63) is 95.3 Å². The van der Waals surface area contributed by atoms with Crippen molar-refractivity contribution in [2.45, 2.75) is 51.6 Å². The van der Waals surface area contributed by atoms with Crippen LogP contribution in [0, 0.1) is 0 Å². The van der Waals surface area contributed by atoms with Crippen molar-refractivity contribution in [3.8, 4) is 17.1 Å². The van der Waals surface area contributed by atoms with Crippen LogP contribution in [0.2, 0.25) is 0 Å². The molecule has 0 saturated heterocycles. The van der Waals surface area contributed by atoms with Crippen LogP contribution in [0.1, 0.15) is 47.4 Å². The molecule has 10 heteroatoms. The van der Waals surface area contributed by atoms with Gasteiger partial charge in [0.25, 0.3) is 11.8 Å². The molecule has 208 valence electrons. The number of hydrogen-bond acceptors (Lipinski definition) is 7. The highest BCUT2D eigenvalue weighted by molar-refractivity contribution is 6.20. The van der Waals surface area contributed by atoms with Gasteiger partial charge in [-0.05, 0) is 32.0 Å². The van der Waals surface area contributed by atoms with Gasteiger partial charge < -0.3 is 20.5 Å². The highest BCUT2D eigenvalue weighted by atomic mass is 16.5. The van der Waals surface area contributed by atoms with Crippen molar-refractivity contribution >= 4 is 23.2 Å². The molecule has 0 radical (unpaired) electrons. The number of para-hydroxylation sites is 1. The Morgan fingerprint density at radius 1 is 1.12 bits per heavy atom. The lowest BCUT2D eigenvalue weighted by Crippen LogP contribution is -2.42. The summed E-state index contributed by atoms with van der Waals surface area (Å²) in [6, 6.07) is 20.6. The summed E-state index contributed by atoms with van der Waals surface area (Å²) >= 11 is 0. The van der Waals surface area contributed by atoms with E-state index in [-0.39, 0.29) is 11.7 Å². The normalized spacial score (nSPS) is 18.6. The second-order valence-electron chi connectivity index (χ2n) is 10.3. The number of hydrogen-bond donors (Lipinski definition) is 3. The maximum Gasteiger partial charge on any atom is 0.269 e. The Morgan fingerprint density at radius 2 is 1.90 bits per heavy atom. The van der Waals surface area contributed by atoms with Crippen LogP contribution >= 0.6 is 0 Å². The predicted octanol–water partition coefficient (Wildman–Crippen LogP) is 3.59. The third-order valence-corrected chi connectivity index (χ3v) is 7.06. The largest absolute Gasteiger partial charge is 0.474 e. The van der Waals surface area contributed by atoms with Gasteiger partial charge in [0.15, 0.2) is 0 Å². The van der Waals surface area contributed by atoms with Gasteiger partial charge in [0, 0.05) is 48.0 Å². The Morgan fingerprint density at radius 3 is 2.66 bits per heavy atom. The van der Waals surface area contributed by atoms with E-state index in [9.17, 15) is 14.7 Å². The van der Waals surface area contributed by atoms with E-state index in [0.29, 0.717) is 41.5 Å². The van der Waals surface area contributed by atoms with Crippen LogP contribution in [-0.2, 0) is 17.8 Å². The first-order valence-electron chi connectivity index (χ1n) is 13.6.